The smallest absolute Gasteiger partial charge is 0.243 e. The van der Waals surface area contributed by atoms with Gasteiger partial charge in [-0.2, -0.15) is 0 Å². The van der Waals surface area contributed by atoms with E-state index in [-0.39, 0.29) is 17.6 Å². The molecular weight excluding hydrogens is 238 g/mol. The van der Waals surface area contributed by atoms with Crippen LogP contribution in [0.25, 0.3) is 0 Å². The van der Waals surface area contributed by atoms with Gasteiger partial charge < -0.3 is 11.1 Å². The lowest BCUT2D eigenvalue weighted by Crippen LogP contribution is -2.40. The van der Waals surface area contributed by atoms with Crippen molar-refractivity contribution in [2.24, 2.45) is 11.7 Å². The lowest BCUT2D eigenvalue weighted by Gasteiger charge is -2.16. The number of ketones is 1. The Bertz CT molecular complexity index is 417. The maximum Gasteiger partial charge on any atom is 0.243 e. The molecule has 0 aliphatic heterocycles. The average Bonchev–Trinajstić information content (AvgIpc) is 2.75. The predicted molar refractivity (Wildman–Crippen MR) is 68.2 cm³/mol. The summed E-state index contributed by atoms with van der Waals surface area (Å²) in [4.78, 5) is 27.3. The van der Waals surface area contributed by atoms with E-state index >= 15 is 0 Å². The van der Waals surface area contributed by atoms with E-state index in [0.717, 1.165) is 17.8 Å². The molecule has 2 atom stereocenters. The number of carbonyl (C=O) groups excluding carboxylic acids is 2. The number of hydrogen-bond donors (Lipinski definition) is 2. The van der Waals surface area contributed by atoms with E-state index in [1.165, 1.54) is 13.1 Å². The maximum absolute atomic E-state index is 11.7. The van der Waals surface area contributed by atoms with E-state index in [2.05, 4.69) is 10.3 Å². The molecule has 0 aliphatic carbocycles. The number of aromatic nitrogens is 1. The molecule has 94 valence electrons. The molecular formula is C11H17N3O2S. The van der Waals surface area contributed by atoms with Crippen molar-refractivity contribution in [1.29, 1.82) is 0 Å². The molecule has 0 aromatic carbocycles. The van der Waals surface area contributed by atoms with Crippen molar-refractivity contribution >= 4 is 28.2 Å². The molecule has 1 amide bonds. The highest BCUT2D eigenvalue weighted by molar-refractivity contribution is 7.17. The van der Waals surface area contributed by atoms with Crippen molar-refractivity contribution in [2.45, 2.75) is 33.2 Å². The Kier molecular flexibility index (Phi) is 4.77. The Labute approximate surface area is 104 Å². The van der Waals surface area contributed by atoms with Crippen molar-refractivity contribution in [3.63, 3.8) is 0 Å². The minimum Gasteiger partial charge on any atom is -0.320 e. The highest BCUT2D eigenvalue weighted by Crippen LogP contribution is 2.19. The summed E-state index contributed by atoms with van der Waals surface area (Å²) >= 11 is 1.16. The van der Waals surface area contributed by atoms with Gasteiger partial charge in [0.25, 0.3) is 0 Å². The van der Waals surface area contributed by atoms with Crippen LogP contribution in [0.5, 0.6) is 0 Å². The van der Waals surface area contributed by atoms with Crippen molar-refractivity contribution in [3.8, 4) is 0 Å². The molecule has 0 saturated carbocycles. The number of rotatable bonds is 5. The molecule has 1 heterocycles. The Morgan fingerprint density at radius 1 is 1.59 bits per heavy atom. The van der Waals surface area contributed by atoms with Gasteiger partial charge in [0.15, 0.2) is 10.9 Å². The molecule has 1 rings (SSSR count). The molecule has 3 N–H and O–H groups in total. The Morgan fingerprint density at radius 2 is 2.24 bits per heavy atom. The number of nitrogens with one attached hydrogen (secondary N) is 1. The fraction of sp³-hybridized carbons (Fsp3) is 0.545. The highest BCUT2D eigenvalue weighted by atomic mass is 32.1. The van der Waals surface area contributed by atoms with E-state index in [0.29, 0.717) is 10.0 Å². The molecule has 0 radical (unpaired) electrons. The summed E-state index contributed by atoms with van der Waals surface area (Å²) in [5.74, 6) is -0.208. The van der Waals surface area contributed by atoms with Crippen molar-refractivity contribution < 1.29 is 9.59 Å². The van der Waals surface area contributed by atoms with E-state index in [9.17, 15) is 9.59 Å². The van der Waals surface area contributed by atoms with Crippen molar-refractivity contribution in [2.75, 3.05) is 5.32 Å². The van der Waals surface area contributed by atoms with Crippen LogP contribution in [0.1, 0.15) is 36.9 Å². The third kappa shape index (κ3) is 3.61. The number of amides is 1. The minimum absolute atomic E-state index is 0.0609. The Morgan fingerprint density at radius 3 is 2.71 bits per heavy atom. The monoisotopic (exact) mass is 255 g/mol. The summed E-state index contributed by atoms with van der Waals surface area (Å²) in [5, 5.41) is 3.04. The van der Waals surface area contributed by atoms with Crippen LogP contribution >= 0.6 is 11.3 Å². The van der Waals surface area contributed by atoms with Crippen LogP contribution in [0.15, 0.2) is 6.20 Å². The standard InChI is InChI=1S/C11H17N3O2S/c1-4-6(2)9(12)10(16)14-11-13-5-8(17-11)7(3)15/h5-6,9H,4,12H2,1-3H3,(H,13,14,16). The second kappa shape index (κ2) is 5.88. The van der Waals surface area contributed by atoms with Crippen LogP contribution in [0, 0.1) is 5.92 Å². The second-order valence-electron chi connectivity index (χ2n) is 3.99. The zero-order valence-corrected chi connectivity index (χ0v) is 11.0. The summed E-state index contributed by atoms with van der Waals surface area (Å²) in [5.41, 5.74) is 5.78. The molecule has 0 bridgehead atoms. The second-order valence-corrected chi connectivity index (χ2v) is 5.02. The maximum atomic E-state index is 11.7. The summed E-state index contributed by atoms with van der Waals surface area (Å²) < 4.78 is 0. The lowest BCUT2D eigenvalue weighted by molar-refractivity contribution is -0.118. The Hall–Kier alpha value is -1.27. The molecule has 2 unspecified atom stereocenters. The molecule has 0 spiro atoms. The van der Waals surface area contributed by atoms with Crippen LogP contribution in [0.3, 0.4) is 0 Å². The quantitative estimate of drug-likeness (QED) is 0.783. The normalized spacial score (nSPS) is 14.1. The van der Waals surface area contributed by atoms with Gasteiger partial charge in [-0.1, -0.05) is 31.6 Å². The van der Waals surface area contributed by atoms with Gasteiger partial charge in [-0.05, 0) is 5.92 Å². The van der Waals surface area contributed by atoms with Gasteiger partial charge >= 0.3 is 0 Å². The van der Waals surface area contributed by atoms with Crippen LogP contribution in [0.2, 0.25) is 0 Å². The molecule has 6 heteroatoms. The molecule has 0 aliphatic rings. The number of Topliss-reactive ketones (excluding diaryl/α,β-unsaturated/α-hetero) is 1. The molecule has 17 heavy (non-hydrogen) atoms. The predicted octanol–water partition coefficient (Wildman–Crippen LogP) is 1.66. The van der Waals surface area contributed by atoms with Gasteiger partial charge in [-0.25, -0.2) is 4.98 Å². The summed E-state index contributed by atoms with van der Waals surface area (Å²) in [6.45, 7) is 5.37. The largest absolute Gasteiger partial charge is 0.320 e. The van der Waals surface area contributed by atoms with Crippen LogP contribution in [-0.4, -0.2) is 22.7 Å². The van der Waals surface area contributed by atoms with E-state index in [1.54, 1.807) is 0 Å². The molecule has 5 nitrogen and oxygen atoms in total. The molecule has 1 aromatic heterocycles. The third-order valence-corrected chi connectivity index (χ3v) is 3.66. The van der Waals surface area contributed by atoms with Crippen molar-refractivity contribution in [3.05, 3.63) is 11.1 Å². The SMILES string of the molecule is CCC(C)C(N)C(=O)Nc1ncc(C(C)=O)s1. The summed E-state index contributed by atoms with van der Waals surface area (Å²) in [7, 11) is 0. The van der Waals surface area contributed by atoms with E-state index in [4.69, 9.17) is 5.73 Å². The number of carbonyl (C=O) groups is 2. The topological polar surface area (TPSA) is 85.1 Å². The van der Waals surface area contributed by atoms with Gasteiger partial charge in [0.05, 0.1) is 17.1 Å². The van der Waals surface area contributed by atoms with Gasteiger partial charge in [0.1, 0.15) is 0 Å². The highest BCUT2D eigenvalue weighted by Gasteiger charge is 2.20. The number of nitrogens with zero attached hydrogens (tertiary/aromatic N) is 1. The van der Waals surface area contributed by atoms with Crippen molar-refractivity contribution in [1.82, 2.24) is 4.98 Å². The zero-order chi connectivity index (χ0) is 13.0. The van der Waals surface area contributed by atoms with Gasteiger partial charge in [0, 0.05) is 6.92 Å². The number of hydrogen-bond acceptors (Lipinski definition) is 5. The van der Waals surface area contributed by atoms with Gasteiger partial charge in [-0.3, -0.25) is 9.59 Å². The van der Waals surface area contributed by atoms with Crippen LogP contribution < -0.4 is 11.1 Å². The first-order valence-electron chi connectivity index (χ1n) is 5.49. The van der Waals surface area contributed by atoms with Gasteiger partial charge in [0.2, 0.25) is 5.91 Å². The Balaban J connectivity index is 2.64. The van der Waals surface area contributed by atoms with Crippen LogP contribution in [0.4, 0.5) is 5.13 Å². The number of thiazole rings is 1. The van der Waals surface area contributed by atoms with E-state index in [1.807, 2.05) is 13.8 Å². The fourth-order valence-electron chi connectivity index (χ4n) is 1.20. The average molecular weight is 255 g/mol. The first-order chi connectivity index (χ1) is 7.95. The first-order valence-corrected chi connectivity index (χ1v) is 6.30. The number of nitrogens with two attached hydrogens (primary N) is 1. The first kappa shape index (κ1) is 13.8. The molecule has 1 aromatic rings. The number of anilines is 1. The van der Waals surface area contributed by atoms with E-state index < -0.39 is 6.04 Å². The van der Waals surface area contributed by atoms with Crippen LogP contribution in [-0.2, 0) is 4.79 Å². The summed E-state index contributed by atoms with van der Waals surface area (Å²) in [6, 6.07) is -0.551. The minimum atomic E-state index is -0.551. The summed E-state index contributed by atoms with van der Waals surface area (Å²) in [6.07, 6.45) is 2.29. The zero-order valence-electron chi connectivity index (χ0n) is 10.2. The fourth-order valence-corrected chi connectivity index (χ4v) is 1.91. The third-order valence-electron chi connectivity index (χ3n) is 2.64. The molecule has 0 fully saturated rings. The molecule has 0 saturated heterocycles. The lowest BCUT2D eigenvalue weighted by atomic mass is 10.00. The van der Waals surface area contributed by atoms with Gasteiger partial charge in [-0.15, -0.1) is 0 Å².